The molecule has 1 amide bonds. The third-order valence-electron chi connectivity index (χ3n) is 8.16. The van der Waals surface area contributed by atoms with Crippen LogP contribution in [0.2, 0.25) is 0 Å². The minimum atomic E-state index is 0.129. The van der Waals surface area contributed by atoms with E-state index in [1.165, 1.54) is 29.4 Å². The molecule has 0 bridgehead atoms. The maximum absolute atomic E-state index is 10.2. The van der Waals surface area contributed by atoms with Crippen molar-refractivity contribution in [3.05, 3.63) is 54.2 Å². The quantitative estimate of drug-likeness (QED) is 0.0839. The molecule has 3 N–H and O–H groups in total. The zero-order chi connectivity index (χ0) is 33.3. The van der Waals surface area contributed by atoms with Crippen molar-refractivity contribution >= 4 is 28.7 Å². The fourth-order valence-corrected chi connectivity index (χ4v) is 5.67. The molecule has 3 aromatic rings. The zero-order valence-corrected chi connectivity index (χ0v) is 28.9. The molecule has 0 spiro atoms. The summed E-state index contributed by atoms with van der Waals surface area (Å²) >= 11 is 0. The molecule has 256 valence electrons. The number of ether oxygens (including phenoxy) is 3. The third kappa shape index (κ3) is 12.8. The van der Waals surface area contributed by atoms with Gasteiger partial charge in [0.05, 0.1) is 44.2 Å². The summed E-state index contributed by atoms with van der Waals surface area (Å²) in [5, 5.41) is 11.1. The number of hydrogen-bond acceptors (Lipinski definition) is 7. The first-order chi connectivity index (χ1) is 22.8. The van der Waals surface area contributed by atoms with Gasteiger partial charge in [-0.05, 0) is 106 Å². The summed E-state index contributed by atoms with van der Waals surface area (Å²) in [5.74, 6) is 7.71. The summed E-state index contributed by atoms with van der Waals surface area (Å²) in [7, 11) is 2.20. The summed E-state index contributed by atoms with van der Waals surface area (Å²) in [6.07, 6.45) is 6.03. The summed E-state index contributed by atoms with van der Waals surface area (Å²) < 4.78 is 19.2. The van der Waals surface area contributed by atoms with Crippen molar-refractivity contribution in [3.8, 4) is 17.6 Å². The molecular weight excluding hydrogens is 590 g/mol. The predicted molar refractivity (Wildman–Crippen MR) is 192 cm³/mol. The minimum absolute atomic E-state index is 0.129. The van der Waals surface area contributed by atoms with Crippen LogP contribution in [-0.4, -0.2) is 88.2 Å². The van der Waals surface area contributed by atoms with Gasteiger partial charge >= 0.3 is 0 Å². The first-order valence-corrected chi connectivity index (χ1v) is 17.2. The number of nitrogens with one attached hydrogen (secondary N) is 3. The van der Waals surface area contributed by atoms with E-state index >= 15 is 0 Å². The number of unbranched alkanes of at least 4 members (excludes halogenated alkanes) is 2. The molecule has 9 nitrogen and oxygen atoms in total. The normalized spacial score (nSPS) is 14.0. The van der Waals surface area contributed by atoms with Crippen molar-refractivity contribution in [2.75, 3.05) is 76.9 Å². The lowest BCUT2D eigenvalue weighted by Gasteiger charge is -2.30. The standard InChI is InChI=1S/C38H55N5O4/c1-38(2,3)29-43-33(28-35-36(11-8-12-37(35)43)41-32-17-21-42(4)22-18-32)10-9-19-40-31-13-15-34(16-14-31)47-24-7-5-6-23-45-26-27-46-25-20-39-30-44/h8,11-16,28,30,32,40-41H,5-7,17-27,29H2,1-4H3,(H,39,44). The lowest BCUT2D eigenvalue weighted by atomic mass is 9.96. The van der Waals surface area contributed by atoms with Gasteiger partial charge < -0.3 is 39.6 Å². The zero-order valence-electron chi connectivity index (χ0n) is 28.9. The largest absolute Gasteiger partial charge is 0.494 e. The minimum Gasteiger partial charge on any atom is -0.494 e. The molecule has 0 radical (unpaired) electrons. The van der Waals surface area contributed by atoms with Crippen molar-refractivity contribution in [2.45, 2.75) is 65.5 Å². The molecule has 2 aromatic carbocycles. The van der Waals surface area contributed by atoms with Crippen LogP contribution in [0.5, 0.6) is 5.75 Å². The summed E-state index contributed by atoms with van der Waals surface area (Å²) in [4.78, 5) is 12.6. The van der Waals surface area contributed by atoms with Crippen molar-refractivity contribution in [1.29, 1.82) is 0 Å². The van der Waals surface area contributed by atoms with Gasteiger partial charge in [-0.25, -0.2) is 0 Å². The number of carbonyl (C=O) groups is 1. The average molecular weight is 646 g/mol. The Morgan fingerprint density at radius 1 is 0.936 bits per heavy atom. The van der Waals surface area contributed by atoms with E-state index < -0.39 is 0 Å². The monoisotopic (exact) mass is 645 g/mol. The highest BCUT2D eigenvalue weighted by atomic mass is 16.5. The number of piperidine rings is 1. The summed E-state index contributed by atoms with van der Waals surface area (Å²) in [5.41, 5.74) is 4.65. The molecule has 0 unspecified atom stereocenters. The van der Waals surface area contributed by atoms with Crippen LogP contribution < -0.4 is 20.7 Å². The molecule has 47 heavy (non-hydrogen) atoms. The molecule has 4 rings (SSSR count). The van der Waals surface area contributed by atoms with Gasteiger partial charge in [0.2, 0.25) is 6.41 Å². The van der Waals surface area contributed by atoms with Crippen molar-refractivity contribution in [1.82, 2.24) is 14.8 Å². The van der Waals surface area contributed by atoms with Gasteiger partial charge in [-0.15, -0.1) is 0 Å². The van der Waals surface area contributed by atoms with Crippen molar-refractivity contribution in [2.24, 2.45) is 5.41 Å². The second kappa shape index (κ2) is 19.2. The van der Waals surface area contributed by atoms with Gasteiger partial charge in [0.15, 0.2) is 0 Å². The van der Waals surface area contributed by atoms with E-state index in [1.54, 1.807) is 0 Å². The van der Waals surface area contributed by atoms with E-state index in [1.807, 2.05) is 24.3 Å². The van der Waals surface area contributed by atoms with Gasteiger partial charge in [0.25, 0.3) is 0 Å². The van der Waals surface area contributed by atoms with Crippen LogP contribution in [0.25, 0.3) is 10.9 Å². The molecule has 9 heteroatoms. The molecule has 0 aliphatic carbocycles. The van der Waals surface area contributed by atoms with Gasteiger partial charge in [-0.2, -0.15) is 0 Å². The van der Waals surface area contributed by atoms with E-state index in [0.29, 0.717) is 52.0 Å². The second-order valence-electron chi connectivity index (χ2n) is 13.5. The highest BCUT2D eigenvalue weighted by Crippen LogP contribution is 2.31. The first kappa shape index (κ1) is 36.1. The number of nitrogens with zero attached hydrogens (tertiary/aromatic N) is 2. The van der Waals surface area contributed by atoms with Gasteiger partial charge in [0, 0.05) is 42.5 Å². The van der Waals surface area contributed by atoms with E-state index in [4.69, 9.17) is 14.2 Å². The molecule has 2 heterocycles. The van der Waals surface area contributed by atoms with Crippen LogP contribution in [0.1, 0.15) is 58.6 Å². The third-order valence-corrected chi connectivity index (χ3v) is 8.16. The Hall–Kier alpha value is -3.71. The van der Waals surface area contributed by atoms with Crippen LogP contribution in [0, 0.1) is 17.3 Å². The van der Waals surface area contributed by atoms with Gasteiger partial charge in [-0.1, -0.05) is 32.8 Å². The smallest absolute Gasteiger partial charge is 0.207 e. The van der Waals surface area contributed by atoms with E-state index in [2.05, 4.69) is 89.3 Å². The van der Waals surface area contributed by atoms with Crippen LogP contribution in [0.3, 0.4) is 0 Å². The number of benzene rings is 2. The highest BCUT2D eigenvalue weighted by molar-refractivity contribution is 5.94. The predicted octanol–water partition coefficient (Wildman–Crippen LogP) is 5.99. The van der Waals surface area contributed by atoms with E-state index in [9.17, 15) is 4.79 Å². The fourth-order valence-electron chi connectivity index (χ4n) is 5.67. The number of carbonyl (C=O) groups excluding carboxylic acids is 1. The Kier molecular flexibility index (Phi) is 14.8. The molecule has 1 aliphatic rings. The fraction of sp³-hybridized carbons (Fsp3) is 0.553. The Balaban J connectivity index is 1.21. The maximum atomic E-state index is 10.2. The number of rotatable bonds is 19. The van der Waals surface area contributed by atoms with Gasteiger partial charge in [0.1, 0.15) is 5.75 Å². The maximum Gasteiger partial charge on any atom is 0.207 e. The SMILES string of the molecule is CN1CCC(Nc2cccc3c2cc(C#CCNc2ccc(OCCCCCOCCOCCNC=O)cc2)n3CC(C)(C)C)CC1. The topological polar surface area (TPSA) is 89.0 Å². The number of fused-ring (bicyclic) bond motifs is 1. The molecular formula is C38H55N5O4. The number of likely N-dealkylation sites (tertiary alicyclic amines) is 1. The lowest BCUT2D eigenvalue weighted by molar-refractivity contribution is -0.109. The molecule has 1 saturated heterocycles. The van der Waals surface area contributed by atoms with Crippen LogP contribution in [0.15, 0.2) is 48.5 Å². The number of amides is 1. The molecule has 1 aromatic heterocycles. The van der Waals surface area contributed by atoms with Crippen molar-refractivity contribution < 1.29 is 19.0 Å². The summed E-state index contributed by atoms with van der Waals surface area (Å²) in [6.45, 7) is 14.1. The number of anilines is 2. The Morgan fingerprint density at radius 3 is 2.43 bits per heavy atom. The first-order valence-electron chi connectivity index (χ1n) is 17.2. The number of aromatic nitrogens is 1. The van der Waals surface area contributed by atoms with E-state index in [0.717, 1.165) is 62.6 Å². The summed E-state index contributed by atoms with van der Waals surface area (Å²) in [6, 6.07) is 17.5. The van der Waals surface area contributed by atoms with Crippen LogP contribution in [-0.2, 0) is 20.8 Å². The molecule has 0 atom stereocenters. The van der Waals surface area contributed by atoms with Gasteiger partial charge in [-0.3, -0.25) is 4.79 Å². The lowest BCUT2D eigenvalue weighted by Crippen LogP contribution is -2.36. The molecule has 0 saturated carbocycles. The van der Waals surface area contributed by atoms with E-state index in [-0.39, 0.29) is 5.41 Å². The van der Waals surface area contributed by atoms with Crippen LogP contribution in [0.4, 0.5) is 11.4 Å². The van der Waals surface area contributed by atoms with Crippen molar-refractivity contribution in [3.63, 3.8) is 0 Å². The molecule has 1 aliphatic heterocycles. The Bertz CT molecular complexity index is 1410. The molecule has 1 fully saturated rings. The Morgan fingerprint density at radius 2 is 1.68 bits per heavy atom. The van der Waals surface area contributed by atoms with Crippen LogP contribution >= 0.6 is 0 Å². The highest BCUT2D eigenvalue weighted by Gasteiger charge is 2.20. The second-order valence-corrected chi connectivity index (χ2v) is 13.5. The average Bonchev–Trinajstić information content (AvgIpc) is 3.39. The number of hydrogen-bond donors (Lipinski definition) is 3. The Labute approximate surface area is 281 Å².